The number of carboxylic acid groups (broad SMARTS) is 1. The summed E-state index contributed by atoms with van der Waals surface area (Å²) in [6.45, 7) is 0. The van der Waals surface area contributed by atoms with Crippen LogP contribution in [0.2, 0.25) is 0 Å². The molecule has 0 spiro atoms. The van der Waals surface area contributed by atoms with E-state index >= 15 is 0 Å². The molecule has 0 aliphatic heterocycles. The van der Waals surface area contributed by atoms with E-state index in [4.69, 9.17) is 0 Å². The van der Waals surface area contributed by atoms with Crippen LogP contribution in [0.1, 0.15) is 10.4 Å². The fourth-order valence-electron chi connectivity index (χ4n) is 0.746. The van der Waals surface area contributed by atoms with Gasteiger partial charge in [-0.05, 0) is 0 Å². The minimum atomic E-state index is -1.42. The Morgan fingerprint density at radius 2 is 2.00 bits per heavy atom. The van der Waals surface area contributed by atoms with Gasteiger partial charge in [0, 0.05) is 17.7 Å². The van der Waals surface area contributed by atoms with Gasteiger partial charge in [-0.3, -0.25) is 10.1 Å². The molecule has 1 rings (SSSR count). The van der Waals surface area contributed by atoms with Crippen LogP contribution < -0.4 is 56.5 Å². The van der Waals surface area contributed by atoms with Crippen LogP contribution in [-0.4, -0.2) is 10.9 Å². The van der Waals surface area contributed by atoms with Gasteiger partial charge in [-0.2, -0.15) is 0 Å². The molecule has 0 bridgehead atoms. The van der Waals surface area contributed by atoms with Crippen molar-refractivity contribution in [2.24, 2.45) is 0 Å². The molecule has 5 nitrogen and oxygen atoms in total. The molecule has 6 heteroatoms. The summed E-state index contributed by atoms with van der Waals surface area (Å²) in [5, 5.41) is 20.4. The van der Waals surface area contributed by atoms with Gasteiger partial charge in [0.05, 0.1) is 10.9 Å². The third-order valence-electron chi connectivity index (χ3n) is 1.29. The predicted octanol–water partition coefficient (Wildman–Crippen LogP) is -3.04. The number of carbonyl (C=O) groups is 1. The third-order valence-corrected chi connectivity index (χ3v) is 1.29. The van der Waals surface area contributed by atoms with Crippen LogP contribution in [0.4, 0.5) is 5.69 Å². The Labute approximate surface area is 116 Å². The van der Waals surface area contributed by atoms with Crippen LogP contribution in [0, 0.1) is 10.1 Å². The number of hydrogen-bond acceptors (Lipinski definition) is 4. The summed E-state index contributed by atoms with van der Waals surface area (Å²) in [4.78, 5) is 19.7. The molecule has 0 atom stereocenters. The molecular weight excluding hydrogens is 201 g/mol. The molecule has 0 unspecified atom stereocenters. The van der Waals surface area contributed by atoms with Crippen molar-refractivity contribution in [3.8, 4) is 0 Å². The molecule has 0 N–H and O–H groups in total. The number of aromatic carboxylic acids is 1. The van der Waals surface area contributed by atoms with Crippen molar-refractivity contribution in [2.75, 3.05) is 0 Å². The minimum absolute atomic E-state index is 0. The zero-order valence-electron chi connectivity index (χ0n) is 6.89. The Morgan fingerprint density at radius 1 is 1.38 bits per heavy atom. The molecule has 13 heavy (non-hydrogen) atoms. The first-order valence-electron chi connectivity index (χ1n) is 3.07. The Bertz CT molecular complexity index is 310. The van der Waals surface area contributed by atoms with Crippen LogP contribution in [0.25, 0.3) is 0 Å². The molecule has 0 radical (unpaired) electrons. The number of carbonyl (C=O) groups excluding carboxylic acids is 1. The van der Waals surface area contributed by atoms with E-state index in [-0.39, 0.29) is 62.6 Å². The molecule has 0 aliphatic rings. The molecule has 0 aliphatic carbocycles. The first kappa shape index (κ1) is 12.7. The summed E-state index contributed by atoms with van der Waals surface area (Å²) in [7, 11) is 0. The van der Waals surface area contributed by atoms with Crippen molar-refractivity contribution in [2.45, 2.75) is 0 Å². The van der Waals surface area contributed by atoms with Crippen LogP contribution in [-0.2, 0) is 0 Å². The van der Waals surface area contributed by atoms with Crippen molar-refractivity contribution in [1.82, 2.24) is 0 Å². The molecule has 0 heterocycles. The number of carboxylic acids is 1. The van der Waals surface area contributed by atoms with Gasteiger partial charge in [-0.1, -0.05) is 12.1 Å². The van der Waals surface area contributed by atoms with E-state index < -0.39 is 10.9 Å². The third kappa shape index (κ3) is 3.53. The Morgan fingerprint density at radius 3 is 2.46 bits per heavy atom. The Balaban J connectivity index is 0.00000144. The van der Waals surface area contributed by atoms with E-state index in [0.29, 0.717) is 0 Å². The molecule has 0 aromatic heterocycles. The van der Waals surface area contributed by atoms with Gasteiger partial charge in [-0.25, -0.2) is 0 Å². The maximum absolute atomic E-state index is 10.2. The number of non-ortho nitro benzene ring substituents is 1. The topological polar surface area (TPSA) is 83.3 Å². The van der Waals surface area contributed by atoms with E-state index in [9.17, 15) is 20.0 Å². The number of nitrogens with zero attached hydrogens (tertiary/aromatic N) is 1. The van der Waals surface area contributed by atoms with Gasteiger partial charge >= 0.3 is 51.4 Å². The van der Waals surface area contributed by atoms with Crippen molar-refractivity contribution >= 4 is 11.7 Å². The predicted molar refractivity (Wildman–Crippen MR) is 37.4 cm³/mol. The molecule has 0 saturated heterocycles. The van der Waals surface area contributed by atoms with E-state index in [0.717, 1.165) is 6.07 Å². The molecule has 62 valence electrons. The van der Waals surface area contributed by atoms with Gasteiger partial charge in [0.15, 0.2) is 0 Å². The molecule has 0 amide bonds. The maximum Gasteiger partial charge on any atom is 1.00 e. The van der Waals surface area contributed by atoms with Crippen LogP contribution in [0.15, 0.2) is 24.3 Å². The summed E-state index contributed by atoms with van der Waals surface area (Å²) in [6.07, 6.45) is 0. The minimum Gasteiger partial charge on any atom is -0.545 e. The van der Waals surface area contributed by atoms with E-state index in [2.05, 4.69) is 0 Å². The summed E-state index contributed by atoms with van der Waals surface area (Å²) >= 11 is 0. The summed E-state index contributed by atoms with van der Waals surface area (Å²) in [5.74, 6) is -1.42. The standard InChI is InChI=1S/C7H5NO4.K/c9-7(10)5-2-1-3-6(4-5)8(11)12;/h1-4H,(H,9,10);/q;+1/p-1. The van der Waals surface area contributed by atoms with Gasteiger partial charge in [-0.15, -0.1) is 0 Å². The van der Waals surface area contributed by atoms with E-state index in [1.54, 1.807) is 0 Å². The van der Waals surface area contributed by atoms with E-state index in [1.165, 1.54) is 18.2 Å². The summed E-state index contributed by atoms with van der Waals surface area (Å²) in [6, 6.07) is 4.70. The van der Waals surface area contributed by atoms with Gasteiger partial charge in [0.25, 0.3) is 5.69 Å². The monoisotopic (exact) mass is 205 g/mol. The van der Waals surface area contributed by atoms with Gasteiger partial charge in [0.1, 0.15) is 0 Å². The fraction of sp³-hybridized carbons (Fsp3) is 0. The normalized spacial score (nSPS) is 8.62. The van der Waals surface area contributed by atoms with Gasteiger partial charge < -0.3 is 9.90 Å². The van der Waals surface area contributed by atoms with Crippen LogP contribution in [0.5, 0.6) is 0 Å². The quantitative estimate of drug-likeness (QED) is 0.292. The largest absolute Gasteiger partial charge is 1.00 e. The average Bonchev–Trinajstić information content (AvgIpc) is 2.04. The zero-order valence-corrected chi connectivity index (χ0v) is 10.0. The summed E-state index contributed by atoms with van der Waals surface area (Å²) < 4.78 is 0. The first-order chi connectivity index (χ1) is 5.61. The van der Waals surface area contributed by atoms with Crippen LogP contribution in [0.3, 0.4) is 0 Å². The van der Waals surface area contributed by atoms with E-state index in [1.807, 2.05) is 0 Å². The van der Waals surface area contributed by atoms with Gasteiger partial charge in [0.2, 0.25) is 0 Å². The number of nitro groups is 1. The number of rotatable bonds is 2. The fourth-order valence-corrected chi connectivity index (χ4v) is 0.746. The Hall–Kier alpha value is -0.274. The van der Waals surface area contributed by atoms with Crippen molar-refractivity contribution in [3.05, 3.63) is 39.9 Å². The number of nitro benzene ring substituents is 1. The Kier molecular flexibility index (Phi) is 5.34. The molecular formula is C7H4KNO4. The molecule has 0 saturated carbocycles. The molecule has 0 fully saturated rings. The van der Waals surface area contributed by atoms with Crippen LogP contribution >= 0.6 is 0 Å². The second-order valence-corrected chi connectivity index (χ2v) is 2.09. The van der Waals surface area contributed by atoms with Crippen molar-refractivity contribution < 1.29 is 66.2 Å². The molecule has 1 aromatic carbocycles. The number of benzene rings is 1. The average molecular weight is 205 g/mol. The molecule has 1 aromatic rings. The second-order valence-electron chi connectivity index (χ2n) is 2.09. The smallest absolute Gasteiger partial charge is 0.545 e. The van der Waals surface area contributed by atoms with Crippen molar-refractivity contribution in [1.29, 1.82) is 0 Å². The maximum atomic E-state index is 10.2. The first-order valence-corrected chi connectivity index (χ1v) is 3.07. The van der Waals surface area contributed by atoms with Crippen molar-refractivity contribution in [3.63, 3.8) is 0 Å². The number of hydrogen-bond donors (Lipinski definition) is 0. The second kappa shape index (κ2) is 5.46. The zero-order chi connectivity index (χ0) is 9.14. The SMILES string of the molecule is O=C([O-])c1cccc([N+](=O)[O-])c1.[K+]. The summed E-state index contributed by atoms with van der Waals surface area (Å²) in [5.41, 5.74) is -0.444.